The van der Waals surface area contributed by atoms with Crippen molar-refractivity contribution < 1.29 is 13.2 Å². The highest BCUT2D eigenvalue weighted by molar-refractivity contribution is 9.11. The van der Waals surface area contributed by atoms with Gasteiger partial charge >= 0.3 is 6.18 Å². The number of alkyl halides is 3. The quantitative estimate of drug-likeness (QED) is 0.832. The van der Waals surface area contributed by atoms with Gasteiger partial charge in [-0.1, -0.05) is 37.9 Å². The van der Waals surface area contributed by atoms with Gasteiger partial charge in [0.05, 0.1) is 0 Å². The zero-order valence-electron chi connectivity index (χ0n) is 6.78. The molecule has 6 heteroatoms. The summed E-state index contributed by atoms with van der Waals surface area (Å²) in [6.07, 6.45) is -4.42. The highest BCUT2D eigenvalue weighted by Crippen LogP contribution is 2.35. The number of hydrogen-bond acceptors (Lipinski definition) is 1. The van der Waals surface area contributed by atoms with Crippen LogP contribution in [0.2, 0.25) is 0 Å². The topological polar surface area (TPSA) is 26.0 Å². The van der Waals surface area contributed by atoms with Gasteiger partial charge in [0.2, 0.25) is 0 Å². The third kappa shape index (κ3) is 2.71. The number of benzene rings is 1. The van der Waals surface area contributed by atoms with E-state index in [1.54, 1.807) is 0 Å². The summed E-state index contributed by atoms with van der Waals surface area (Å²) in [5.74, 6) is 0. The highest BCUT2D eigenvalue weighted by atomic mass is 79.9. The normalized spacial score (nSPS) is 14.1. The maximum absolute atomic E-state index is 12.3. The fourth-order valence-electron chi connectivity index (χ4n) is 0.930. The predicted octanol–water partition coefficient (Wildman–Crippen LogP) is 3.77. The van der Waals surface area contributed by atoms with Gasteiger partial charge in [-0.3, -0.25) is 0 Å². The third-order valence-corrected chi connectivity index (χ3v) is 2.83. The van der Waals surface area contributed by atoms with Gasteiger partial charge in [0.15, 0.2) is 0 Å². The first-order chi connectivity index (χ1) is 6.32. The Kier molecular flexibility index (Phi) is 3.60. The molecule has 0 saturated heterocycles. The molecule has 0 amide bonds. The molecular formula is C8H6Br2F3N. The van der Waals surface area contributed by atoms with Gasteiger partial charge in [-0.15, -0.1) is 0 Å². The summed E-state index contributed by atoms with van der Waals surface area (Å²) in [4.78, 5) is 0. The lowest BCUT2D eigenvalue weighted by Gasteiger charge is -2.17. The first kappa shape index (κ1) is 12.0. The summed E-state index contributed by atoms with van der Waals surface area (Å²) in [6, 6.07) is 2.43. The van der Waals surface area contributed by atoms with E-state index in [4.69, 9.17) is 5.73 Å². The third-order valence-electron chi connectivity index (χ3n) is 1.65. The Morgan fingerprint density at radius 1 is 1.21 bits per heavy atom. The van der Waals surface area contributed by atoms with Crippen molar-refractivity contribution in [2.24, 2.45) is 5.73 Å². The fourth-order valence-corrected chi connectivity index (χ4v) is 2.22. The van der Waals surface area contributed by atoms with Gasteiger partial charge in [0.25, 0.3) is 0 Å². The maximum Gasteiger partial charge on any atom is 0.407 e. The Morgan fingerprint density at radius 3 is 2.21 bits per heavy atom. The van der Waals surface area contributed by atoms with Crippen molar-refractivity contribution in [3.63, 3.8) is 0 Å². The molecule has 78 valence electrons. The van der Waals surface area contributed by atoms with Gasteiger partial charge in [0, 0.05) is 8.95 Å². The van der Waals surface area contributed by atoms with E-state index in [2.05, 4.69) is 31.9 Å². The molecule has 0 aliphatic rings. The van der Waals surface area contributed by atoms with E-state index >= 15 is 0 Å². The van der Waals surface area contributed by atoms with Crippen LogP contribution in [-0.2, 0) is 0 Å². The molecule has 0 aliphatic carbocycles. The fraction of sp³-hybridized carbons (Fsp3) is 0.250. The lowest BCUT2D eigenvalue weighted by atomic mass is 10.1. The summed E-state index contributed by atoms with van der Waals surface area (Å²) in [6.45, 7) is 0. The summed E-state index contributed by atoms with van der Waals surface area (Å²) in [7, 11) is 0. The molecule has 0 aromatic heterocycles. The van der Waals surface area contributed by atoms with Gasteiger partial charge in [-0.25, -0.2) is 0 Å². The van der Waals surface area contributed by atoms with Crippen molar-refractivity contribution in [3.8, 4) is 0 Å². The Hall–Kier alpha value is -0.0700. The van der Waals surface area contributed by atoms with Gasteiger partial charge < -0.3 is 5.73 Å². The van der Waals surface area contributed by atoms with Crippen LogP contribution >= 0.6 is 31.9 Å². The van der Waals surface area contributed by atoms with Crippen LogP contribution < -0.4 is 5.73 Å². The standard InChI is InChI=1S/C8H6Br2F3N/c9-4-1-2-5(6(10)3-4)7(14)8(11,12)13/h1-3,7H,14H2/t7-/m0/s1. The lowest BCUT2D eigenvalue weighted by molar-refractivity contribution is -0.149. The number of nitrogens with two attached hydrogens (primary N) is 1. The zero-order chi connectivity index (χ0) is 10.9. The summed E-state index contributed by atoms with van der Waals surface area (Å²) >= 11 is 6.17. The van der Waals surface area contributed by atoms with Crippen LogP contribution in [0.4, 0.5) is 13.2 Å². The molecule has 0 unspecified atom stereocenters. The second-order valence-corrected chi connectivity index (χ2v) is 4.46. The number of rotatable bonds is 1. The monoisotopic (exact) mass is 331 g/mol. The van der Waals surface area contributed by atoms with E-state index in [-0.39, 0.29) is 5.56 Å². The van der Waals surface area contributed by atoms with E-state index < -0.39 is 12.2 Å². The molecular weight excluding hydrogens is 327 g/mol. The molecule has 0 spiro atoms. The molecule has 0 aliphatic heterocycles. The maximum atomic E-state index is 12.3. The average Bonchev–Trinajstić information content (AvgIpc) is 2.01. The van der Waals surface area contributed by atoms with Crippen molar-refractivity contribution in [2.75, 3.05) is 0 Å². The summed E-state index contributed by atoms with van der Waals surface area (Å²) < 4.78 is 37.8. The highest BCUT2D eigenvalue weighted by Gasteiger charge is 2.38. The summed E-state index contributed by atoms with van der Waals surface area (Å²) in [5, 5.41) is 0. The number of halogens is 5. The molecule has 0 bridgehead atoms. The van der Waals surface area contributed by atoms with Crippen LogP contribution in [0, 0.1) is 0 Å². The molecule has 1 aromatic carbocycles. The molecule has 1 nitrogen and oxygen atoms in total. The van der Waals surface area contributed by atoms with Gasteiger partial charge in [0.1, 0.15) is 6.04 Å². The Bertz CT molecular complexity index is 338. The first-order valence-corrected chi connectivity index (χ1v) is 5.18. The van der Waals surface area contributed by atoms with Crippen LogP contribution in [0.3, 0.4) is 0 Å². The lowest BCUT2D eigenvalue weighted by Crippen LogP contribution is -2.28. The molecule has 1 rings (SSSR count). The smallest absolute Gasteiger partial charge is 0.316 e. The van der Waals surface area contributed by atoms with Crippen molar-refractivity contribution >= 4 is 31.9 Å². The van der Waals surface area contributed by atoms with Crippen LogP contribution in [0.5, 0.6) is 0 Å². The second kappa shape index (κ2) is 4.20. The Labute approximate surface area is 95.7 Å². The van der Waals surface area contributed by atoms with Gasteiger partial charge in [-0.05, 0) is 17.7 Å². The summed E-state index contributed by atoms with van der Waals surface area (Å²) in [5.41, 5.74) is 5.08. The molecule has 1 atom stereocenters. The number of hydrogen-bond donors (Lipinski definition) is 1. The zero-order valence-corrected chi connectivity index (χ0v) is 9.95. The van der Waals surface area contributed by atoms with Crippen molar-refractivity contribution in [1.82, 2.24) is 0 Å². The van der Waals surface area contributed by atoms with E-state index in [9.17, 15) is 13.2 Å². The molecule has 0 radical (unpaired) electrons. The second-order valence-electron chi connectivity index (χ2n) is 2.69. The van der Waals surface area contributed by atoms with E-state index in [0.717, 1.165) is 0 Å². The van der Waals surface area contributed by atoms with Crippen LogP contribution in [0.25, 0.3) is 0 Å². The predicted molar refractivity (Wildman–Crippen MR) is 54.8 cm³/mol. The molecule has 0 fully saturated rings. The SMILES string of the molecule is N[C@@H](c1ccc(Br)cc1Br)C(F)(F)F. The molecule has 2 N–H and O–H groups in total. The Balaban J connectivity index is 3.08. The van der Waals surface area contributed by atoms with E-state index in [1.165, 1.54) is 18.2 Å². The molecule has 14 heavy (non-hydrogen) atoms. The minimum Gasteiger partial charge on any atom is -0.316 e. The van der Waals surface area contributed by atoms with Crippen molar-refractivity contribution in [3.05, 3.63) is 32.7 Å². The average molecular weight is 333 g/mol. The largest absolute Gasteiger partial charge is 0.407 e. The van der Waals surface area contributed by atoms with E-state index in [0.29, 0.717) is 8.95 Å². The van der Waals surface area contributed by atoms with Crippen LogP contribution in [0.1, 0.15) is 11.6 Å². The molecule has 1 aromatic rings. The van der Waals surface area contributed by atoms with Crippen LogP contribution in [-0.4, -0.2) is 6.18 Å². The van der Waals surface area contributed by atoms with Crippen molar-refractivity contribution in [1.29, 1.82) is 0 Å². The minimum atomic E-state index is -4.42. The van der Waals surface area contributed by atoms with Crippen molar-refractivity contribution in [2.45, 2.75) is 12.2 Å². The first-order valence-electron chi connectivity index (χ1n) is 3.59. The molecule has 0 heterocycles. The molecule has 0 saturated carbocycles. The van der Waals surface area contributed by atoms with Gasteiger partial charge in [-0.2, -0.15) is 13.2 Å². The van der Waals surface area contributed by atoms with E-state index in [1.807, 2.05) is 0 Å². The Morgan fingerprint density at radius 2 is 1.79 bits per heavy atom. The minimum absolute atomic E-state index is 0.0284. The van der Waals surface area contributed by atoms with Crippen LogP contribution in [0.15, 0.2) is 27.1 Å².